The molecule has 0 fully saturated rings. The van der Waals surface area contributed by atoms with Crippen LogP contribution in [-0.4, -0.2) is 27.4 Å². The maximum atomic E-state index is 12.3. The summed E-state index contributed by atoms with van der Waals surface area (Å²) in [7, 11) is 0. The van der Waals surface area contributed by atoms with Gasteiger partial charge >= 0.3 is 0 Å². The molecule has 0 spiro atoms. The highest BCUT2D eigenvalue weighted by atomic mass is 16.2. The van der Waals surface area contributed by atoms with Crippen LogP contribution in [0.4, 0.5) is 0 Å². The maximum Gasteiger partial charge on any atom is 0.251 e. The third-order valence-corrected chi connectivity index (χ3v) is 4.03. The summed E-state index contributed by atoms with van der Waals surface area (Å²) in [6, 6.07) is 7.43. The van der Waals surface area contributed by atoms with Crippen molar-refractivity contribution in [1.82, 2.24) is 20.2 Å². The first kappa shape index (κ1) is 15.3. The van der Waals surface area contributed by atoms with Crippen molar-refractivity contribution in [2.24, 2.45) is 0 Å². The number of aryl methyl sites for hydroxylation is 1. The quantitative estimate of drug-likeness (QED) is 0.892. The van der Waals surface area contributed by atoms with E-state index in [0.717, 1.165) is 30.8 Å². The minimum absolute atomic E-state index is 0.0651. The molecule has 1 aromatic carbocycles. The third-order valence-electron chi connectivity index (χ3n) is 4.03. The molecule has 1 aliphatic rings. The first-order chi connectivity index (χ1) is 11.1. The summed E-state index contributed by atoms with van der Waals surface area (Å²) < 4.78 is 2.09. The minimum atomic E-state index is -0.0667. The Kier molecular flexibility index (Phi) is 4.41. The minimum Gasteiger partial charge on any atom is -0.352 e. The zero-order valence-electron chi connectivity index (χ0n) is 13.1. The standard InChI is InChI=1S/C17H20N4O2/c1-12(22)19-10-13-2-4-14(5-3-13)17(23)20-15-6-7-16-18-8-9-21(16)11-15/h2-5,8-9,15H,6-7,10-11H2,1H3,(H,19,22)(H,20,23)/t15-/m1/s1. The highest BCUT2D eigenvalue weighted by molar-refractivity contribution is 5.94. The van der Waals surface area contributed by atoms with Crippen molar-refractivity contribution < 1.29 is 9.59 Å². The predicted molar refractivity (Wildman–Crippen MR) is 85.8 cm³/mol. The maximum absolute atomic E-state index is 12.3. The number of rotatable bonds is 4. The first-order valence-electron chi connectivity index (χ1n) is 7.76. The van der Waals surface area contributed by atoms with E-state index in [1.807, 2.05) is 18.3 Å². The van der Waals surface area contributed by atoms with Gasteiger partial charge in [-0.25, -0.2) is 4.98 Å². The molecular formula is C17H20N4O2. The number of benzene rings is 1. The molecule has 23 heavy (non-hydrogen) atoms. The monoisotopic (exact) mass is 312 g/mol. The van der Waals surface area contributed by atoms with Gasteiger partial charge in [0.05, 0.1) is 0 Å². The predicted octanol–water partition coefficient (Wildman–Crippen LogP) is 1.26. The Bertz CT molecular complexity index is 706. The molecule has 1 aliphatic heterocycles. The molecule has 2 heterocycles. The molecule has 6 nitrogen and oxygen atoms in total. The Labute approximate surface area is 134 Å². The number of aromatic nitrogens is 2. The fourth-order valence-corrected chi connectivity index (χ4v) is 2.75. The van der Waals surface area contributed by atoms with Crippen LogP contribution in [-0.2, 0) is 24.3 Å². The fourth-order valence-electron chi connectivity index (χ4n) is 2.75. The molecule has 6 heteroatoms. The number of hydrogen-bond acceptors (Lipinski definition) is 3. The van der Waals surface area contributed by atoms with Crippen LogP contribution in [0.2, 0.25) is 0 Å². The molecular weight excluding hydrogens is 292 g/mol. The normalized spacial score (nSPS) is 16.5. The summed E-state index contributed by atoms with van der Waals surface area (Å²) in [6.45, 7) is 2.72. The lowest BCUT2D eigenvalue weighted by molar-refractivity contribution is -0.119. The molecule has 1 atom stereocenters. The van der Waals surface area contributed by atoms with E-state index in [9.17, 15) is 9.59 Å². The van der Waals surface area contributed by atoms with Crippen LogP contribution < -0.4 is 10.6 Å². The largest absolute Gasteiger partial charge is 0.352 e. The third kappa shape index (κ3) is 3.77. The summed E-state index contributed by atoms with van der Waals surface area (Å²) in [6.07, 6.45) is 5.54. The van der Waals surface area contributed by atoms with Crippen LogP contribution in [0.1, 0.15) is 35.1 Å². The Balaban J connectivity index is 1.57. The van der Waals surface area contributed by atoms with Crippen molar-refractivity contribution >= 4 is 11.8 Å². The van der Waals surface area contributed by atoms with Gasteiger partial charge in [-0.3, -0.25) is 9.59 Å². The fraction of sp³-hybridized carbons (Fsp3) is 0.353. The summed E-state index contributed by atoms with van der Waals surface area (Å²) in [5.41, 5.74) is 1.60. The number of imidazole rings is 1. The van der Waals surface area contributed by atoms with E-state index in [0.29, 0.717) is 12.1 Å². The average Bonchev–Trinajstić information content (AvgIpc) is 3.01. The van der Waals surface area contributed by atoms with Crippen molar-refractivity contribution in [2.45, 2.75) is 38.9 Å². The van der Waals surface area contributed by atoms with Gasteiger partial charge in [-0.1, -0.05) is 12.1 Å². The van der Waals surface area contributed by atoms with Gasteiger partial charge in [0.2, 0.25) is 5.91 Å². The van der Waals surface area contributed by atoms with Gasteiger partial charge in [-0.15, -0.1) is 0 Å². The van der Waals surface area contributed by atoms with E-state index in [2.05, 4.69) is 20.2 Å². The number of carbonyl (C=O) groups is 2. The van der Waals surface area contributed by atoms with E-state index < -0.39 is 0 Å². The molecule has 0 saturated heterocycles. The molecule has 2 amide bonds. The number of nitrogens with zero attached hydrogens (tertiary/aromatic N) is 2. The lowest BCUT2D eigenvalue weighted by atomic mass is 10.1. The highest BCUT2D eigenvalue weighted by Gasteiger charge is 2.20. The van der Waals surface area contributed by atoms with Crippen molar-refractivity contribution in [3.63, 3.8) is 0 Å². The van der Waals surface area contributed by atoms with Crippen molar-refractivity contribution in [3.8, 4) is 0 Å². The van der Waals surface area contributed by atoms with Crippen molar-refractivity contribution in [3.05, 3.63) is 53.6 Å². The topological polar surface area (TPSA) is 76.0 Å². The number of amides is 2. The molecule has 0 aliphatic carbocycles. The van der Waals surface area contributed by atoms with Gasteiger partial charge in [0.25, 0.3) is 5.91 Å². The van der Waals surface area contributed by atoms with Gasteiger partial charge in [0.1, 0.15) is 5.82 Å². The molecule has 120 valence electrons. The van der Waals surface area contributed by atoms with E-state index >= 15 is 0 Å². The van der Waals surface area contributed by atoms with Gasteiger partial charge in [0.15, 0.2) is 0 Å². The van der Waals surface area contributed by atoms with E-state index in [4.69, 9.17) is 0 Å². The van der Waals surface area contributed by atoms with Gasteiger partial charge in [-0.05, 0) is 24.1 Å². The molecule has 2 aromatic rings. The summed E-state index contributed by atoms with van der Waals surface area (Å²) in [5, 5.41) is 5.81. The van der Waals surface area contributed by atoms with E-state index in [1.165, 1.54) is 6.92 Å². The molecule has 1 aromatic heterocycles. The summed E-state index contributed by atoms with van der Waals surface area (Å²) in [4.78, 5) is 27.5. The van der Waals surface area contributed by atoms with Gasteiger partial charge < -0.3 is 15.2 Å². The summed E-state index contributed by atoms with van der Waals surface area (Å²) in [5.74, 6) is 0.949. The zero-order chi connectivity index (χ0) is 16.2. The molecule has 0 unspecified atom stereocenters. The summed E-state index contributed by atoms with van der Waals surface area (Å²) >= 11 is 0. The van der Waals surface area contributed by atoms with Crippen molar-refractivity contribution in [1.29, 1.82) is 0 Å². The number of carbonyl (C=O) groups excluding carboxylic acids is 2. The Morgan fingerprint density at radius 1 is 1.30 bits per heavy atom. The lowest BCUT2D eigenvalue weighted by Gasteiger charge is -2.24. The van der Waals surface area contributed by atoms with Crippen LogP contribution >= 0.6 is 0 Å². The second-order valence-electron chi connectivity index (χ2n) is 5.81. The van der Waals surface area contributed by atoms with Crippen molar-refractivity contribution in [2.75, 3.05) is 0 Å². The Morgan fingerprint density at radius 3 is 2.83 bits per heavy atom. The second kappa shape index (κ2) is 6.64. The molecule has 2 N–H and O–H groups in total. The molecule has 0 saturated carbocycles. The van der Waals surface area contributed by atoms with Crippen LogP contribution in [0, 0.1) is 0 Å². The molecule has 3 rings (SSSR count). The highest BCUT2D eigenvalue weighted by Crippen LogP contribution is 2.14. The average molecular weight is 312 g/mol. The SMILES string of the molecule is CC(=O)NCc1ccc(C(=O)N[C@@H]2CCc3nccn3C2)cc1. The molecule has 0 bridgehead atoms. The second-order valence-corrected chi connectivity index (χ2v) is 5.81. The van der Waals surface area contributed by atoms with Crippen LogP contribution in [0.5, 0.6) is 0 Å². The van der Waals surface area contributed by atoms with Crippen LogP contribution in [0.15, 0.2) is 36.7 Å². The number of hydrogen-bond donors (Lipinski definition) is 2. The Morgan fingerprint density at radius 2 is 2.09 bits per heavy atom. The van der Waals surface area contributed by atoms with E-state index in [-0.39, 0.29) is 17.9 Å². The van der Waals surface area contributed by atoms with Gasteiger partial charge in [0, 0.05) is 50.4 Å². The van der Waals surface area contributed by atoms with E-state index in [1.54, 1.807) is 18.3 Å². The number of fused-ring (bicyclic) bond motifs is 1. The van der Waals surface area contributed by atoms with Crippen LogP contribution in [0.3, 0.4) is 0 Å². The number of nitrogens with one attached hydrogen (secondary N) is 2. The Hall–Kier alpha value is -2.63. The van der Waals surface area contributed by atoms with Crippen LogP contribution in [0.25, 0.3) is 0 Å². The lowest BCUT2D eigenvalue weighted by Crippen LogP contribution is -2.40. The van der Waals surface area contributed by atoms with Gasteiger partial charge in [-0.2, -0.15) is 0 Å². The smallest absolute Gasteiger partial charge is 0.251 e. The molecule has 0 radical (unpaired) electrons. The zero-order valence-corrected chi connectivity index (χ0v) is 13.1. The first-order valence-corrected chi connectivity index (χ1v) is 7.76.